The molecule has 0 N–H and O–H groups in total. The van der Waals surface area contributed by atoms with Crippen molar-refractivity contribution >= 4 is 5.78 Å². The second-order valence-electron chi connectivity index (χ2n) is 9.34. The second-order valence-corrected chi connectivity index (χ2v) is 9.34. The molecule has 0 atom stereocenters. The summed E-state index contributed by atoms with van der Waals surface area (Å²) in [7, 11) is 0. The predicted octanol–water partition coefficient (Wildman–Crippen LogP) is 8.49. The summed E-state index contributed by atoms with van der Waals surface area (Å²) in [5.41, 5.74) is 3.14. The van der Waals surface area contributed by atoms with Crippen LogP contribution in [0.5, 0.6) is 0 Å². The van der Waals surface area contributed by atoms with Crippen LogP contribution in [0.15, 0.2) is 42.5 Å². The van der Waals surface area contributed by atoms with Gasteiger partial charge in [-0.15, -0.1) is 0 Å². The third-order valence-corrected chi connectivity index (χ3v) is 6.84. The first-order valence-corrected chi connectivity index (χ1v) is 12.6. The van der Waals surface area contributed by atoms with Gasteiger partial charge < -0.3 is 4.74 Å². The van der Waals surface area contributed by atoms with Gasteiger partial charge in [-0.05, 0) is 62.1 Å². The Hall–Kier alpha value is -2.00. The topological polar surface area (TPSA) is 26.3 Å². The zero-order valence-corrected chi connectivity index (χ0v) is 19.9. The van der Waals surface area contributed by atoms with Crippen molar-refractivity contribution in [3.05, 3.63) is 59.4 Å². The molecule has 1 fully saturated rings. The van der Waals surface area contributed by atoms with Crippen molar-refractivity contribution in [1.29, 1.82) is 0 Å². The second kappa shape index (κ2) is 12.9. The molecule has 1 aliphatic rings. The first-order chi connectivity index (χ1) is 15.6. The zero-order valence-electron chi connectivity index (χ0n) is 19.9. The van der Waals surface area contributed by atoms with E-state index in [1.165, 1.54) is 44.9 Å². The summed E-state index contributed by atoms with van der Waals surface area (Å²) in [5.74, 6) is 0.252. The molecule has 32 heavy (non-hydrogen) atoms. The molecule has 0 amide bonds. The van der Waals surface area contributed by atoms with E-state index in [1.54, 1.807) is 25.1 Å². The molecule has 0 bridgehead atoms. The smallest absolute Gasteiger partial charge is 0.159 e. The van der Waals surface area contributed by atoms with Gasteiger partial charge in [-0.3, -0.25) is 4.79 Å². The minimum absolute atomic E-state index is 0.0226. The molecule has 2 aromatic rings. The number of ether oxygens (including phenoxy) is 1. The lowest BCUT2D eigenvalue weighted by molar-refractivity contribution is 0.0226. The molecule has 2 aromatic carbocycles. The molecule has 0 radical (unpaired) electrons. The van der Waals surface area contributed by atoms with E-state index in [0.717, 1.165) is 43.4 Å². The van der Waals surface area contributed by atoms with E-state index in [4.69, 9.17) is 4.74 Å². The lowest BCUT2D eigenvalue weighted by Crippen LogP contribution is -2.21. The molecule has 1 aliphatic carbocycles. The summed E-state index contributed by atoms with van der Waals surface area (Å²) in [4.78, 5) is 11.5. The van der Waals surface area contributed by atoms with Gasteiger partial charge in [0.15, 0.2) is 5.78 Å². The maximum absolute atomic E-state index is 14.9. The molecule has 0 unspecified atom stereocenters. The fourth-order valence-corrected chi connectivity index (χ4v) is 4.78. The fraction of sp³-hybridized carbons (Fsp3) is 0.552. The molecule has 0 heterocycles. The molecule has 3 heteroatoms. The Morgan fingerprint density at radius 1 is 0.906 bits per heavy atom. The van der Waals surface area contributed by atoms with Crippen LogP contribution in [0.1, 0.15) is 106 Å². The summed E-state index contributed by atoms with van der Waals surface area (Å²) < 4.78 is 21.0. The van der Waals surface area contributed by atoms with Gasteiger partial charge >= 0.3 is 0 Å². The Balaban J connectivity index is 1.42. The number of hydrogen-bond donors (Lipinski definition) is 0. The summed E-state index contributed by atoms with van der Waals surface area (Å²) in [6, 6.07) is 12.8. The summed E-state index contributed by atoms with van der Waals surface area (Å²) in [5, 5.41) is 0. The molecule has 1 saturated carbocycles. The van der Waals surface area contributed by atoms with Gasteiger partial charge in [0.25, 0.3) is 0 Å². The van der Waals surface area contributed by atoms with Gasteiger partial charge in [-0.2, -0.15) is 0 Å². The van der Waals surface area contributed by atoms with Gasteiger partial charge in [-0.25, -0.2) is 4.39 Å². The van der Waals surface area contributed by atoms with Crippen molar-refractivity contribution in [2.24, 2.45) is 0 Å². The molecule has 174 valence electrons. The number of benzene rings is 2. The average molecular weight is 439 g/mol. The van der Waals surface area contributed by atoms with Crippen LogP contribution in [0.25, 0.3) is 11.1 Å². The number of unbranched alkanes of at least 4 members (excludes halogenated alkanes) is 6. The van der Waals surface area contributed by atoms with E-state index in [9.17, 15) is 9.18 Å². The lowest BCUT2D eigenvalue weighted by Gasteiger charge is -2.29. The monoisotopic (exact) mass is 438 g/mol. The molecule has 0 aromatic heterocycles. The number of hydrogen-bond acceptors (Lipinski definition) is 2. The largest absolute Gasteiger partial charge is 0.378 e. The SMILES string of the molecule is CCCCCCCCCO[C@H]1CC[C@H](c2ccc(-c3ccc(C(C)=O)cc3)c(F)c2)CC1. The minimum Gasteiger partial charge on any atom is -0.378 e. The van der Waals surface area contributed by atoms with Crippen LogP contribution in [0.4, 0.5) is 4.39 Å². The van der Waals surface area contributed by atoms with Gasteiger partial charge in [0.05, 0.1) is 6.10 Å². The maximum atomic E-state index is 14.9. The van der Waals surface area contributed by atoms with Crippen LogP contribution in [0, 0.1) is 5.82 Å². The van der Waals surface area contributed by atoms with Crippen molar-refractivity contribution in [2.75, 3.05) is 6.61 Å². The van der Waals surface area contributed by atoms with E-state index in [1.807, 2.05) is 18.2 Å². The average Bonchev–Trinajstić information content (AvgIpc) is 2.81. The van der Waals surface area contributed by atoms with Gasteiger partial charge in [0.1, 0.15) is 5.82 Å². The fourth-order valence-electron chi connectivity index (χ4n) is 4.78. The van der Waals surface area contributed by atoms with E-state index < -0.39 is 0 Å². The van der Waals surface area contributed by atoms with Gasteiger partial charge in [0.2, 0.25) is 0 Å². The Bertz CT molecular complexity index is 835. The van der Waals surface area contributed by atoms with Crippen molar-refractivity contribution < 1.29 is 13.9 Å². The first kappa shape index (κ1) is 24.6. The predicted molar refractivity (Wildman–Crippen MR) is 131 cm³/mol. The van der Waals surface area contributed by atoms with Crippen LogP contribution in [-0.4, -0.2) is 18.5 Å². The molecular formula is C29H39FO2. The first-order valence-electron chi connectivity index (χ1n) is 12.6. The zero-order chi connectivity index (χ0) is 22.8. The highest BCUT2D eigenvalue weighted by molar-refractivity contribution is 5.94. The van der Waals surface area contributed by atoms with E-state index in [2.05, 4.69) is 13.0 Å². The van der Waals surface area contributed by atoms with Gasteiger partial charge in [0, 0.05) is 17.7 Å². The number of carbonyl (C=O) groups excluding carboxylic acids is 1. The van der Waals surface area contributed by atoms with E-state index in [-0.39, 0.29) is 11.6 Å². The highest BCUT2D eigenvalue weighted by atomic mass is 19.1. The van der Waals surface area contributed by atoms with Crippen molar-refractivity contribution in [2.45, 2.75) is 96.5 Å². The highest BCUT2D eigenvalue weighted by Crippen LogP contribution is 2.36. The Kier molecular flexibility index (Phi) is 9.92. The third kappa shape index (κ3) is 7.27. The summed E-state index contributed by atoms with van der Waals surface area (Å²) in [6.07, 6.45) is 13.8. The molecule has 0 spiro atoms. The Morgan fingerprint density at radius 2 is 1.56 bits per heavy atom. The number of Topliss-reactive ketones (excluding diaryl/α,β-unsaturated/α-hetero) is 1. The molecule has 3 rings (SSSR count). The molecular weight excluding hydrogens is 399 g/mol. The standard InChI is InChI=1S/C29H39FO2/c1-3-4-5-6-7-8-9-20-32-27-17-14-24(15-18-27)26-16-19-28(29(30)21-26)25-12-10-23(11-13-25)22(2)31/h10-13,16,19,21,24,27H,3-9,14-15,17-18,20H2,1-2H3/t24-,27-. The van der Waals surface area contributed by atoms with Crippen molar-refractivity contribution in [3.63, 3.8) is 0 Å². The van der Waals surface area contributed by atoms with Crippen molar-refractivity contribution in [1.82, 2.24) is 0 Å². The van der Waals surface area contributed by atoms with Crippen LogP contribution < -0.4 is 0 Å². The van der Waals surface area contributed by atoms with Crippen molar-refractivity contribution in [3.8, 4) is 11.1 Å². The minimum atomic E-state index is -0.185. The molecule has 2 nitrogen and oxygen atoms in total. The quantitative estimate of drug-likeness (QED) is 0.245. The van der Waals surface area contributed by atoms with Crippen LogP contribution in [0.3, 0.4) is 0 Å². The highest BCUT2D eigenvalue weighted by Gasteiger charge is 2.23. The van der Waals surface area contributed by atoms with E-state index >= 15 is 0 Å². The maximum Gasteiger partial charge on any atom is 0.159 e. The molecule has 0 saturated heterocycles. The number of rotatable bonds is 12. The van der Waals surface area contributed by atoms with E-state index in [0.29, 0.717) is 23.1 Å². The molecule has 0 aliphatic heterocycles. The summed E-state index contributed by atoms with van der Waals surface area (Å²) in [6.45, 7) is 4.68. The van der Waals surface area contributed by atoms with Crippen LogP contribution in [0.2, 0.25) is 0 Å². The Morgan fingerprint density at radius 3 is 2.19 bits per heavy atom. The van der Waals surface area contributed by atoms with Gasteiger partial charge in [-0.1, -0.05) is 81.8 Å². The Labute approximate surface area is 193 Å². The number of halogens is 1. The summed E-state index contributed by atoms with van der Waals surface area (Å²) >= 11 is 0. The van der Waals surface area contributed by atoms with Crippen LogP contribution in [-0.2, 0) is 4.74 Å². The normalized spacial score (nSPS) is 18.6. The number of carbonyl (C=O) groups is 1. The third-order valence-electron chi connectivity index (χ3n) is 6.84. The lowest BCUT2D eigenvalue weighted by atomic mass is 9.82. The van der Waals surface area contributed by atoms with Crippen LogP contribution >= 0.6 is 0 Å². The number of ketones is 1.